The van der Waals surface area contributed by atoms with Gasteiger partial charge in [-0.1, -0.05) is 0 Å². The highest BCUT2D eigenvalue weighted by molar-refractivity contribution is 5.94. The number of aromatic nitrogens is 2. The fourth-order valence-electron chi connectivity index (χ4n) is 1.09. The molecule has 0 radical (unpaired) electrons. The predicted molar refractivity (Wildman–Crippen MR) is 50.5 cm³/mol. The molecule has 0 saturated carbocycles. The van der Waals surface area contributed by atoms with Gasteiger partial charge in [0.05, 0.1) is 24.3 Å². The maximum atomic E-state index is 11.7. The van der Waals surface area contributed by atoms with Crippen LogP contribution in [0.15, 0.2) is 6.20 Å². The number of amides is 1. The smallest absolute Gasteiger partial charge is 0.257 e. The first-order valence-corrected chi connectivity index (χ1v) is 4.29. The Hall–Kier alpha value is -1.83. The van der Waals surface area contributed by atoms with Crippen molar-refractivity contribution in [2.75, 3.05) is 13.6 Å². The monoisotopic (exact) mass is 192 g/mol. The van der Waals surface area contributed by atoms with Crippen LogP contribution in [0.3, 0.4) is 0 Å². The number of rotatable bonds is 3. The number of H-pyrrole nitrogens is 1. The van der Waals surface area contributed by atoms with Crippen LogP contribution in [-0.4, -0.2) is 34.6 Å². The minimum atomic E-state index is -0.105. The van der Waals surface area contributed by atoms with Crippen LogP contribution in [0, 0.1) is 18.3 Å². The van der Waals surface area contributed by atoms with Gasteiger partial charge in [-0.2, -0.15) is 10.4 Å². The molecule has 74 valence electrons. The van der Waals surface area contributed by atoms with E-state index in [4.69, 9.17) is 5.26 Å². The van der Waals surface area contributed by atoms with E-state index in [0.29, 0.717) is 18.5 Å². The Morgan fingerprint density at radius 2 is 2.50 bits per heavy atom. The summed E-state index contributed by atoms with van der Waals surface area (Å²) in [7, 11) is 1.67. The van der Waals surface area contributed by atoms with Crippen molar-refractivity contribution in [3.63, 3.8) is 0 Å². The summed E-state index contributed by atoms with van der Waals surface area (Å²) in [6.45, 7) is 2.23. The van der Waals surface area contributed by atoms with Crippen LogP contribution < -0.4 is 0 Å². The van der Waals surface area contributed by atoms with Crippen molar-refractivity contribution in [1.82, 2.24) is 15.1 Å². The van der Waals surface area contributed by atoms with Gasteiger partial charge in [-0.3, -0.25) is 9.89 Å². The Bertz CT molecular complexity index is 363. The van der Waals surface area contributed by atoms with Crippen LogP contribution in [0.1, 0.15) is 22.5 Å². The largest absolute Gasteiger partial charge is 0.341 e. The SMILES string of the molecule is Cc1[nH]ncc1C(=O)N(C)CCC#N. The van der Waals surface area contributed by atoms with Crippen molar-refractivity contribution >= 4 is 5.91 Å². The number of nitrogens with one attached hydrogen (secondary N) is 1. The molecule has 1 rings (SSSR count). The van der Waals surface area contributed by atoms with Crippen molar-refractivity contribution in [1.29, 1.82) is 5.26 Å². The highest BCUT2D eigenvalue weighted by Gasteiger charge is 2.14. The van der Waals surface area contributed by atoms with Gasteiger partial charge in [0.2, 0.25) is 0 Å². The Labute approximate surface area is 82.3 Å². The molecule has 1 heterocycles. The molecule has 0 bridgehead atoms. The van der Waals surface area contributed by atoms with Gasteiger partial charge in [0, 0.05) is 19.3 Å². The van der Waals surface area contributed by atoms with Crippen LogP contribution >= 0.6 is 0 Å². The van der Waals surface area contributed by atoms with E-state index in [9.17, 15) is 4.79 Å². The number of nitrogens with zero attached hydrogens (tertiary/aromatic N) is 3. The van der Waals surface area contributed by atoms with Crippen molar-refractivity contribution < 1.29 is 4.79 Å². The Kier molecular flexibility index (Phi) is 3.24. The second-order valence-corrected chi connectivity index (χ2v) is 3.04. The summed E-state index contributed by atoms with van der Waals surface area (Å²) >= 11 is 0. The van der Waals surface area contributed by atoms with Crippen molar-refractivity contribution in [2.45, 2.75) is 13.3 Å². The van der Waals surface area contributed by atoms with E-state index in [1.54, 1.807) is 14.0 Å². The average molecular weight is 192 g/mol. The van der Waals surface area contributed by atoms with E-state index in [1.807, 2.05) is 6.07 Å². The van der Waals surface area contributed by atoms with Gasteiger partial charge in [0.25, 0.3) is 5.91 Å². The summed E-state index contributed by atoms with van der Waals surface area (Å²) in [4.78, 5) is 13.2. The van der Waals surface area contributed by atoms with Gasteiger partial charge in [0.1, 0.15) is 0 Å². The first-order chi connectivity index (χ1) is 6.66. The lowest BCUT2D eigenvalue weighted by Crippen LogP contribution is -2.27. The van der Waals surface area contributed by atoms with E-state index in [-0.39, 0.29) is 5.91 Å². The second kappa shape index (κ2) is 4.42. The van der Waals surface area contributed by atoms with Crippen LogP contribution in [0.25, 0.3) is 0 Å². The lowest BCUT2D eigenvalue weighted by Gasteiger charge is -2.14. The highest BCUT2D eigenvalue weighted by atomic mass is 16.2. The number of aromatic amines is 1. The third-order valence-electron chi connectivity index (χ3n) is 1.97. The van der Waals surface area contributed by atoms with E-state index >= 15 is 0 Å². The third-order valence-corrected chi connectivity index (χ3v) is 1.97. The number of hydrogen-bond acceptors (Lipinski definition) is 3. The van der Waals surface area contributed by atoms with E-state index < -0.39 is 0 Å². The van der Waals surface area contributed by atoms with Gasteiger partial charge in [0.15, 0.2) is 0 Å². The molecule has 1 aromatic rings. The topological polar surface area (TPSA) is 72.8 Å². The summed E-state index contributed by atoms with van der Waals surface area (Å²) in [5, 5.41) is 14.8. The fourth-order valence-corrected chi connectivity index (χ4v) is 1.09. The molecule has 1 amide bonds. The van der Waals surface area contributed by atoms with Gasteiger partial charge < -0.3 is 4.90 Å². The zero-order chi connectivity index (χ0) is 10.6. The zero-order valence-corrected chi connectivity index (χ0v) is 8.24. The normalized spacial score (nSPS) is 9.50. The first-order valence-electron chi connectivity index (χ1n) is 4.29. The van der Waals surface area contributed by atoms with E-state index in [1.165, 1.54) is 11.1 Å². The fraction of sp³-hybridized carbons (Fsp3) is 0.444. The van der Waals surface area contributed by atoms with Gasteiger partial charge in [-0.15, -0.1) is 0 Å². The number of carbonyl (C=O) groups excluding carboxylic acids is 1. The van der Waals surface area contributed by atoms with Crippen LogP contribution in [0.2, 0.25) is 0 Å². The van der Waals surface area contributed by atoms with Gasteiger partial charge in [-0.05, 0) is 6.92 Å². The quantitative estimate of drug-likeness (QED) is 0.766. The van der Waals surface area contributed by atoms with Crippen LogP contribution in [0.5, 0.6) is 0 Å². The van der Waals surface area contributed by atoms with E-state index in [2.05, 4.69) is 10.2 Å². The number of carbonyl (C=O) groups is 1. The van der Waals surface area contributed by atoms with Crippen LogP contribution in [0.4, 0.5) is 0 Å². The second-order valence-electron chi connectivity index (χ2n) is 3.04. The molecule has 5 heteroatoms. The van der Waals surface area contributed by atoms with E-state index in [0.717, 1.165) is 5.69 Å². The summed E-state index contributed by atoms with van der Waals surface area (Å²) in [5.74, 6) is -0.105. The minimum Gasteiger partial charge on any atom is -0.341 e. The molecule has 5 nitrogen and oxygen atoms in total. The maximum absolute atomic E-state index is 11.7. The number of hydrogen-bond donors (Lipinski definition) is 1. The molecule has 0 unspecified atom stereocenters. The first kappa shape index (κ1) is 10.3. The molecule has 0 atom stereocenters. The van der Waals surface area contributed by atoms with Crippen molar-refractivity contribution in [3.8, 4) is 6.07 Å². The minimum absolute atomic E-state index is 0.105. The molecule has 0 saturated heterocycles. The van der Waals surface area contributed by atoms with Crippen molar-refractivity contribution in [3.05, 3.63) is 17.5 Å². The summed E-state index contributed by atoms with van der Waals surface area (Å²) < 4.78 is 0. The van der Waals surface area contributed by atoms with Gasteiger partial charge >= 0.3 is 0 Å². The highest BCUT2D eigenvalue weighted by Crippen LogP contribution is 2.06. The summed E-state index contributed by atoms with van der Waals surface area (Å²) in [5.41, 5.74) is 1.31. The van der Waals surface area contributed by atoms with Gasteiger partial charge in [-0.25, -0.2) is 0 Å². The Balaban J connectivity index is 2.67. The Morgan fingerprint density at radius 1 is 1.79 bits per heavy atom. The molecule has 0 aliphatic heterocycles. The third kappa shape index (κ3) is 2.10. The summed E-state index contributed by atoms with van der Waals surface area (Å²) in [6, 6.07) is 2.00. The van der Waals surface area contributed by atoms with Crippen molar-refractivity contribution in [2.24, 2.45) is 0 Å². The molecular weight excluding hydrogens is 180 g/mol. The zero-order valence-electron chi connectivity index (χ0n) is 8.24. The molecular formula is C9H12N4O. The average Bonchev–Trinajstić information content (AvgIpc) is 2.59. The standard InChI is InChI=1S/C9H12N4O/c1-7-8(6-11-12-7)9(14)13(2)5-3-4-10/h6H,3,5H2,1-2H3,(H,11,12). The Morgan fingerprint density at radius 3 is 3.00 bits per heavy atom. The lowest BCUT2D eigenvalue weighted by molar-refractivity contribution is 0.0797. The molecule has 0 fully saturated rings. The van der Waals surface area contributed by atoms with Crippen LogP contribution in [-0.2, 0) is 0 Å². The molecule has 0 aliphatic rings. The summed E-state index contributed by atoms with van der Waals surface area (Å²) in [6.07, 6.45) is 1.85. The molecule has 14 heavy (non-hydrogen) atoms. The number of nitriles is 1. The lowest BCUT2D eigenvalue weighted by atomic mass is 10.2. The molecule has 1 aromatic heterocycles. The molecule has 0 aromatic carbocycles. The molecule has 0 aliphatic carbocycles. The number of aryl methyl sites for hydroxylation is 1. The predicted octanol–water partition coefficient (Wildman–Crippen LogP) is 0.704. The molecule has 1 N–H and O–H groups in total. The molecule has 0 spiro atoms. The maximum Gasteiger partial charge on any atom is 0.257 e.